The Morgan fingerprint density at radius 2 is 1.21 bits per heavy atom. The molecule has 0 aliphatic heterocycles. The van der Waals surface area contributed by atoms with Crippen LogP contribution in [0.25, 0.3) is 5.57 Å². The molecule has 2 aromatic carbocycles. The summed E-state index contributed by atoms with van der Waals surface area (Å²) in [7, 11) is 4.15. The van der Waals surface area contributed by atoms with Crippen molar-refractivity contribution in [1.29, 1.82) is 0 Å². The Balaban J connectivity index is 0.000000502. The number of aromatic hydroxyl groups is 1. The van der Waals surface area contributed by atoms with Gasteiger partial charge >= 0.3 is 35.0 Å². The second-order valence-corrected chi connectivity index (χ2v) is 10.9. The molecule has 256 valence electrons. The Hall–Kier alpha value is -3.37. The zero-order valence-corrected chi connectivity index (χ0v) is 28.3. The van der Waals surface area contributed by atoms with Gasteiger partial charge in [0.05, 0.1) is 19.4 Å². The van der Waals surface area contributed by atoms with Gasteiger partial charge in [-0.05, 0) is 126 Å². The van der Waals surface area contributed by atoms with Gasteiger partial charge in [0.2, 0.25) is 0 Å². The van der Waals surface area contributed by atoms with E-state index in [4.69, 9.17) is 25.2 Å². The van der Waals surface area contributed by atoms with E-state index in [2.05, 4.69) is 63.7 Å². The molecule has 48 heavy (non-hydrogen) atoms. The Labute approximate surface area is 295 Å². The van der Waals surface area contributed by atoms with Gasteiger partial charge in [-0.2, -0.15) is 0 Å². The fourth-order valence-corrected chi connectivity index (χ4v) is 4.57. The van der Waals surface area contributed by atoms with E-state index >= 15 is 0 Å². The van der Waals surface area contributed by atoms with E-state index in [1.165, 1.54) is 17.1 Å². The molecule has 11 heteroatoms. The number of hydrogen-bond acceptors (Lipinski definition) is 7. The van der Waals surface area contributed by atoms with Crippen LogP contribution in [0.1, 0.15) is 43.7 Å². The first-order chi connectivity index (χ1) is 22.4. The van der Waals surface area contributed by atoms with Crippen molar-refractivity contribution in [2.75, 3.05) is 27.2 Å². The number of aliphatic hydroxyl groups is 1. The molecule has 0 atom stereocenters. The maximum atomic E-state index is 10.3. The molecule has 2 aromatic rings. The molecule has 2 aliphatic carbocycles. The van der Waals surface area contributed by atoms with E-state index in [0.29, 0.717) is 6.61 Å². The second-order valence-electron chi connectivity index (χ2n) is 10.9. The molecule has 0 saturated heterocycles. The fraction of sp³-hybridized carbons (Fsp3) is 0.270. The number of benzene rings is 2. The molecule has 2 saturated carbocycles. The number of hydrogen-bond donors (Lipinski definition) is 5. The predicted octanol–water partition coefficient (Wildman–Crippen LogP) is 5.11. The second kappa shape index (κ2) is 22.3. The average Bonchev–Trinajstić information content (AvgIpc) is 3.77. The molecule has 10 radical (unpaired) electrons. The van der Waals surface area contributed by atoms with Gasteiger partial charge in [-0.25, -0.2) is 4.79 Å². The van der Waals surface area contributed by atoms with Crippen LogP contribution in [0.15, 0.2) is 54.1 Å². The number of phenols is 1. The van der Waals surface area contributed by atoms with Crippen LogP contribution in [0.2, 0.25) is 0 Å². The summed E-state index contributed by atoms with van der Waals surface area (Å²) in [6.45, 7) is 3.92. The Morgan fingerprint density at radius 1 is 0.750 bits per heavy atom. The van der Waals surface area contributed by atoms with Crippen molar-refractivity contribution >= 4 is 23.5 Å². The van der Waals surface area contributed by atoms with Crippen LogP contribution in [0, 0.1) is 63.7 Å². The molecule has 2 aliphatic rings. The standard InChI is InChI=1S/C26H30NO2.C6H8O7.C5H5.Fe/c1-4-25(20-8-5-6-9-20)26(21-10-14-23(28)15-11-21)22-12-16-24(17-13-22)29-19-7-18-27(2)3;7-3(8)1-6(13,5(11)12)2-4(9)10;1-2-4-5-3-1;/h5-6,8-17,28H,4,7,18-19H2,1-3H3;13H,1-2H2,(H,7,8)(H,9,10)(H,11,12);1-5H;/q;;;+2/b26-25+;;;. The smallest absolute Gasteiger partial charge is 0.508 e. The van der Waals surface area contributed by atoms with Gasteiger partial charge in [-0.15, -0.1) is 0 Å². The Kier molecular flexibility index (Phi) is 19.8. The van der Waals surface area contributed by atoms with E-state index in [-0.39, 0.29) is 22.8 Å². The quantitative estimate of drug-likeness (QED) is 0.132. The van der Waals surface area contributed by atoms with Gasteiger partial charge in [-0.3, -0.25) is 9.59 Å². The molecule has 0 heterocycles. The van der Waals surface area contributed by atoms with Crippen molar-refractivity contribution in [1.82, 2.24) is 4.90 Å². The van der Waals surface area contributed by atoms with E-state index in [9.17, 15) is 19.5 Å². The minimum atomic E-state index is -2.74. The number of allylic oxidation sites excluding steroid dienone is 1. The van der Waals surface area contributed by atoms with Crippen molar-refractivity contribution in [3.8, 4) is 11.5 Å². The number of phenolic OH excluding ortho intramolecular Hbond substituents is 1. The van der Waals surface area contributed by atoms with Crippen LogP contribution < -0.4 is 4.74 Å². The number of carboxylic acid groups (broad SMARTS) is 3. The Morgan fingerprint density at radius 3 is 1.60 bits per heavy atom. The summed E-state index contributed by atoms with van der Waals surface area (Å²) in [4.78, 5) is 32.6. The molecular weight excluding hydrogens is 658 g/mol. The van der Waals surface area contributed by atoms with Gasteiger partial charge in [0.25, 0.3) is 0 Å². The van der Waals surface area contributed by atoms with Crippen LogP contribution in [-0.2, 0) is 31.5 Å². The van der Waals surface area contributed by atoms with Gasteiger partial charge < -0.3 is 35.2 Å². The number of carbonyl (C=O) groups is 3. The normalized spacial score (nSPS) is 14.9. The zero-order chi connectivity index (χ0) is 34.8. The van der Waals surface area contributed by atoms with E-state index < -0.39 is 36.4 Å². The minimum Gasteiger partial charge on any atom is -0.508 e. The van der Waals surface area contributed by atoms with Crippen LogP contribution >= 0.6 is 0 Å². The average molecular weight is 702 g/mol. The molecule has 10 nitrogen and oxygen atoms in total. The summed E-state index contributed by atoms with van der Waals surface area (Å²) in [5, 5.41) is 43.5. The van der Waals surface area contributed by atoms with E-state index in [1.807, 2.05) is 56.4 Å². The van der Waals surface area contributed by atoms with Gasteiger partial charge in [0.1, 0.15) is 11.5 Å². The van der Waals surface area contributed by atoms with Crippen LogP contribution in [-0.4, -0.2) is 81.2 Å². The van der Waals surface area contributed by atoms with Gasteiger partial charge in [0.15, 0.2) is 5.60 Å². The van der Waals surface area contributed by atoms with Crippen molar-refractivity contribution in [2.24, 2.45) is 0 Å². The molecule has 0 aromatic heterocycles. The molecule has 0 bridgehead atoms. The molecule has 0 amide bonds. The summed E-state index contributed by atoms with van der Waals surface area (Å²) in [5.74, 6) is -2.61. The number of carboxylic acids is 3. The van der Waals surface area contributed by atoms with E-state index in [0.717, 1.165) is 36.3 Å². The molecule has 4 rings (SSSR count). The first-order valence-electron chi connectivity index (χ1n) is 15.0. The largest absolute Gasteiger partial charge is 2.00 e. The van der Waals surface area contributed by atoms with Gasteiger partial charge in [0, 0.05) is 12.5 Å². The van der Waals surface area contributed by atoms with Gasteiger partial charge in [-0.1, -0.05) is 36.8 Å². The monoisotopic (exact) mass is 701 g/mol. The molecule has 5 N–H and O–H groups in total. The van der Waals surface area contributed by atoms with Crippen LogP contribution in [0.5, 0.6) is 11.5 Å². The van der Waals surface area contributed by atoms with Crippen molar-refractivity contribution < 1.29 is 61.7 Å². The molecular formula is C37H43FeNO9+2. The zero-order valence-electron chi connectivity index (χ0n) is 27.2. The van der Waals surface area contributed by atoms with Crippen molar-refractivity contribution in [3.63, 3.8) is 0 Å². The third kappa shape index (κ3) is 15.2. The number of aliphatic carboxylic acids is 3. The van der Waals surface area contributed by atoms with Crippen LogP contribution in [0.3, 0.4) is 0 Å². The fourth-order valence-electron chi connectivity index (χ4n) is 4.57. The first-order valence-corrected chi connectivity index (χ1v) is 15.0. The number of ether oxygens (including phenoxy) is 1. The summed E-state index contributed by atoms with van der Waals surface area (Å²) < 4.78 is 5.90. The molecule has 0 unspecified atom stereocenters. The summed E-state index contributed by atoms with van der Waals surface area (Å²) in [6.07, 6.45) is 18.1. The molecule has 2 fully saturated rings. The van der Waals surface area contributed by atoms with E-state index in [1.54, 1.807) is 12.1 Å². The minimum absolute atomic E-state index is 0. The third-order valence-electron chi connectivity index (χ3n) is 6.82. The molecule has 0 spiro atoms. The Bertz CT molecular complexity index is 1260. The number of nitrogens with zero attached hydrogens (tertiary/aromatic N) is 1. The third-order valence-corrected chi connectivity index (χ3v) is 6.82. The number of rotatable bonds is 14. The van der Waals surface area contributed by atoms with Crippen molar-refractivity contribution in [2.45, 2.75) is 38.2 Å². The summed E-state index contributed by atoms with van der Waals surface area (Å²) >= 11 is 0. The topological polar surface area (TPSA) is 165 Å². The maximum Gasteiger partial charge on any atom is 2.00 e. The van der Waals surface area contributed by atoms with Crippen LogP contribution in [0.4, 0.5) is 0 Å². The SMILES string of the molecule is CC/C([C]1[CH][CH][CH][CH]1)=C(/c1ccc(O)cc1)c1ccc(OCCCN(C)C)cc1.O=C(O)CC(O)(CC(=O)O)C(=O)O.[CH]1[CH][CH][CH][CH]1.[Fe+2]. The first kappa shape index (κ1) is 42.7. The summed E-state index contributed by atoms with van der Waals surface area (Å²) in [6, 6.07) is 15.8. The van der Waals surface area contributed by atoms with Crippen molar-refractivity contribution in [3.05, 3.63) is 129 Å². The maximum absolute atomic E-state index is 10.3. The predicted molar refractivity (Wildman–Crippen MR) is 179 cm³/mol. The summed E-state index contributed by atoms with van der Waals surface area (Å²) in [5.41, 5.74) is 1.99.